The molecule has 0 aliphatic carbocycles. The van der Waals surface area contributed by atoms with Crippen molar-refractivity contribution in [2.24, 2.45) is 5.92 Å². The van der Waals surface area contributed by atoms with E-state index in [0.29, 0.717) is 18.8 Å². The molecule has 0 unspecified atom stereocenters. The van der Waals surface area contributed by atoms with E-state index in [4.69, 9.17) is 0 Å². The van der Waals surface area contributed by atoms with Gasteiger partial charge in [-0.05, 0) is 46.0 Å². The zero-order valence-electron chi connectivity index (χ0n) is 17.7. The summed E-state index contributed by atoms with van der Waals surface area (Å²) in [5.74, 6) is -0.0872. The molecule has 7 nitrogen and oxygen atoms in total. The van der Waals surface area contributed by atoms with E-state index in [1.165, 1.54) is 4.57 Å². The summed E-state index contributed by atoms with van der Waals surface area (Å²) in [6, 6.07) is 5.57. The van der Waals surface area contributed by atoms with Crippen molar-refractivity contribution in [1.82, 2.24) is 19.4 Å². The standard InChI is InChI=1S/C21H25BrN4O3S/c1-11(2)9-26-18-17(19(27)24-21(26)29)14(8-15(23-18)12(3)4)20(28)25(5)10-13-6-7-16(22)30-13/h6-8,11-12H,9-10H2,1-5H3,(H,24,27,29). The lowest BCUT2D eigenvalue weighted by molar-refractivity contribution is 0.0788. The molecule has 0 aromatic carbocycles. The number of rotatable bonds is 6. The molecule has 3 heterocycles. The smallest absolute Gasteiger partial charge is 0.330 e. The highest BCUT2D eigenvalue weighted by atomic mass is 79.9. The Bertz CT molecular complexity index is 1210. The fourth-order valence-corrected chi connectivity index (χ4v) is 4.78. The second-order valence-electron chi connectivity index (χ2n) is 8.08. The van der Waals surface area contributed by atoms with Crippen LogP contribution in [-0.4, -0.2) is 32.4 Å². The predicted molar refractivity (Wildman–Crippen MR) is 123 cm³/mol. The Kier molecular flexibility index (Phi) is 6.62. The number of aromatic amines is 1. The summed E-state index contributed by atoms with van der Waals surface area (Å²) < 4.78 is 2.45. The molecule has 0 aliphatic heterocycles. The lowest BCUT2D eigenvalue weighted by Gasteiger charge is -2.20. The van der Waals surface area contributed by atoms with Crippen LogP contribution in [-0.2, 0) is 13.1 Å². The third kappa shape index (κ3) is 4.57. The number of halogens is 1. The van der Waals surface area contributed by atoms with E-state index in [-0.39, 0.29) is 34.3 Å². The van der Waals surface area contributed by atoms with Crippen molar-refractivity contribution in [3.63, 3.8) is 0 Å². The van der Waals surface area contributed by atoms with E-state index >= 15 is 0 Å². The topological polar surface area (TPSA) is 88.1 Å². The highest BCUT2D eigenvalue weighted by Gasteiger charge is 2.23. The summed E-state index contributed by atoms with van der Waals surface area (Å²) in [5.41, 5.74) is 0.0960. The van der Waals surface area contributed by atoms with Gasteiger partial charge in [-0.3, -0.25) is 19.1 Å². The Morgan fingerprint density at radius 1 is 1.27 bits per heavy atom. The fourth-order valence-electron chi connectivity index (χ4n) is 3.24. The number of aromatic nitrogens is 3. The van der Waals surface area contributed by atoms with Crippen LogP contribution >= 0.6 is 27.3 Å². The van der Waals surface area contributed by atoms with E-state index in [0.717, 1.165) is 8.66 Å². The van der Waals surface area contributed by atoms with Crippen LogP contribution < -0.4 is 11.2 Å². The minimum atomic E-state index is -0.589. The lowest BCUT2D eigenvalue weighted by Crippen LogP contribution is -2.34. The molecule has 160 valence electrons. The number of hydrogen-bond donors (Lipinski definition) is 1. The second kappa shape index (κ2) is 8.85. The molecule has 3 aromatic rings. The molecule has 3 rings (SSSR count). The van der Waals surface area contributed by atoms with Crippen molar-refractivity contribution in [3.05, 3.63) is 59.0 Å². The zero-order valence-corrected chi connectivity index (χ0v) is 20.1. The Hall–Kier alpha value is -2.26. The van der Waals surface area contributed by atoms with Gasteiger partial charge in [-0.2, -0.15) is 0 Å². The maximum Gasteiger partial charge on any atom is 0.330 e. The zero-order chi connectivity index (χ0) is 22.2. The van der Waals surface area contributed by atoms with Crippen LogP contribution in [0.5, 0.6) is 0 Å². The molecule has 1 N–H and O–H groups in total. The molecule has 0 saturated heterocycles. The quantitative estimate of drug-likeness (QED) is 0.563. The van der Waals surface area contributed by atoms with Crippen LogP contribution in [0.2, 0.25) is 0 Å². The summed E-state index contributed by atoms with van der Waals surface area (Å²) in [5, 5.41) is 0.156. The van der Waals surface area contributed by atoms with Crippen molar-refractivity contribution >= 4 is 44.2 Å². The lowest BCUT2D eigenvalue weighted by atomic mass is 10.0. The number of carbonyl (C=O) groups excluding carboxylic acids is 1. The number of H-pyrrole nitrogens is 1. The summed E-state index contributed by atoms with van der Waals surface area (Å²) in [7, 11) is 1.70. The molecule has 0 atom stereocenters. The monoisotopic (exact) mass is 492 g/mol. The Morgan fingerprint density at radius 3 is 2.53 bits per heavy atom. The minimum absolute atomic E-state index is 0.0291. The van der Waals surface area contributed by atoms with Crippen LogP contribution in [0.1, 0.15) is 54.5 Å². The average molecular weight is 493 g/mol. The Labute approximate surface area is 186 Å². The molecule has 0 radical (unpaired) electrons. The van der Waals surface area contributed by atoms with Crippen molar-refractivity contribution < 1.29 is 4.79 Å². The summed E-state index contributed by atoms with van der Waals surface area (Å²) in [6.45, 7) is 8.71. The highest BCUT2D eigenvalue weighted by molar-refractivity contribution is 9.11. The number of nitrogens with one attached hydrogen (secondary N) is 1. The van der Waals surface area contributed by atoms with Gasteiger partial charge in [0.15, 0.2) is 5.65 Å². The number of carbonyl (C=O) groups is 1. The molecule has 0 spiro atoms. The predicted octanol–water partition coefficient (Wildman–Crippen LogP) is 3.96. The molecule has 0 aliphatic rings. The first kappa shape index (κ1) is 22.4. The van der Waals surface area contributed by atoms with Gasteiger partial charge in [-0.1, -0.05) is 27.7 Å². The number of fused-ring (bicyclic) bond motifs is 1. The van der Waals surface area contributed by atoms with Crippen LogP contribution in [0.15, 0.2) is 31.6 Å². The van der Waals surface area contributed by atoms with Gasteiger partial charge in [0.25, 0.3) is 11.5 Å². The number of hydrogen-bond acceptors (Lipinski definition) is 5. The first-order chi connectivity index (χ1) is 14.1. The van der Waals surface area contributed by atoms with Crippen molar-refractivity contribution in [1.29, 1.82) is 0 Å². The number of amides is 1. The maximum absolute atomic E-state index is 13.4. The first-order valence-corrected chi connectivity index (χ1v) is 11.4. The normalized spacial score (nSPS) is 11.6. The molecular weight excluding hydrogens is 468 g/mol. The van der Waals surface area contributed by atoms with Crippen molar-refractivity contribution in [2.75, 3.05) is 7.05 Å². The van der Waals surface area contributed by atoms with E-state index in [1.807, 2.05) is 39.8 Å². The largest absolute Gasteiger partial charge is 0.337 e. The minimum Gasteiger partial charge on any atom is -0.337 e. The molecule has 9 heteroatoms. The molecule has 0 saturated carbocycles. The summed E-state index contributed by atoms with van der Waals surface area (Å²) >= 11 is 4.99. The number of pyridine rings is 1. The van der Waals surface area contributed by atoms with Gasteiger partial charge in [0.1, 0.15) is 0 Å². The molecule has 3 aromatic heterocycles. The van der Waals surface area contributed by atoms with E-state index in [1.54, 1.807) is 29.4 Å². The van der Waals surface area contributed by atoms with Crippen LogP contribution in [0.25, 0.3) is 11.0 Å². The van der Waals surface area contributed by atoms with Gasteiger partial charge in [-0.15, -0.1) is 11.3 Å². The van der Waals surface area contributed by atoms with Gasteiger partial charge in [0.05, 0.1) is 21.3 Å². The average Bonchev–Trinajstić information content (AvgIpc) is 3.07. The van der Waals surface area contributed by atoms with Crippen molar-refractivity contribution in [3.8, 4) is 0 Å². The third-order valence-corrected chi connectivity index (χ3v) is 6.32. The molecule has 30 heavy (non-hydrogen) atoms. The van der Waals surface area contributed by atoms with Gasteiger partial charge in [-0.25, -0.2) is 9.78 Å². The highest BCUT2D eigenvalue weighted by Crippen LogP contribution is 2.25. The van der Waals surface area contributed by atoms with Crippen LogP contribution in [0.3, 0.4) is 0 Å². The van der Waals surface area contributed by atoms with Crippen molar-refractivity contribution in [2.45, 2.75) is 46.7 Å². The summed E-state index contributed by atoms with van der Waals surface area (Å²) in [6.07, 6.45) is 0. The third-order valence-electron chi connectivity index (χ3n) is 4.71. The molecule has 0 bridgehead atoms. The van der Waals surface area contributed by atoms with Crippen LogP contribution in [0.4, 0.5) is 0 Å². The fraction of sp³-hybridized carbons (Fsp3) is 0.429. The van der Waals surface area contributed by atoms with Gasteiger partial charge >= 0.3 is 5.69 Å². The molecule has 1 amide bonds. The van der Waals surface area contributed by atoms with Gasteiger partial charge in [0, 0.05) is 24.2 Å². The van der Waals surface area contributed by atoms with E-state index in [2.05, 4.69) is 25.9 Å². The molecular formula is C21H25BrN4O3S. The van der Waals surface area contributed by atoms with E-state index in [9.17, 15) is 14.4 Å². The summed E-state index contributed by atoms with van der Waals surface area (Å²) in [4.78, 5) is 48.2. The van der Waals surface area contributed by atoms with Gasteiger partial charge < -0.3 is 4.90 Å². The second-order valence-corrected chi connectivity index (χ2v) is 10.6. The van der Waals surface area contributed by atoms with Gasteiger partial charge in [0.2, 0.25) is 0 Å². The van der Waals surface area contributed by atoms with Crippen LogP contribution in [0, 0.1) is 5.92 Å². The number of nitrogens with zero attached hydrogens (tertiary/aromatic N) is 3. The number of thiophene rings is 1. The molecule has 0 fully saturated rings. The SMILES string of the molecule is CC(C)Cn1c(=O)[nH]c(=O)c2c(C(=O)N(C)Cc3ccc(Br)s3)cc(C(C)C)nc21. The van der Waals surface area contributed by atoms with E-state index < -0.39 is 11.2 Å². The first-order valence-electron chi connectivity index (χ1n) is 9.76. The Balaban J connectivity index is 2.20. The Morgan fingerprint density at radius 2 is 1.97 bits per heavy atom. The maximum atomic E-state index is 13.4.